The van der Waals surface area contributed by atoms with E-state index >= 15 is 0 Å². The Balaban J connectivity index is 1.86. The van der Waals surface area contributed by atoms with Crippen LogP contribution in [0.4, 0.5) is 10.6 Å². The first-order valence-electron chi connectivity index (χ1n) is 10.0. The Kier molecular flexibility index (Phi) is 8.81. The van der Waals surface area contributed by atoms with Gasteiger partial charge in [0.15, 0.2) is 0 Å². The van der Waals surface area contributed by atoms with Crippen LogP contribution in [0.2, 0.25) is 0 Å². The molecule has 1 saturated heterocycles. The van der Waals surface area contributed by atoms with E-state index in [1.54, 1.807) is 6.20 Å². The molecule has 0 radical (unpaired) electrons. The highest BCUT2D eigenvalue weighted by atomic mass is 16.5. The topological polar surface area (TPSA) is 69.7 Å². The van der Waals surface area contributed by atoms with E-state index in [9.17, 15) is 4.79 Å². The molecule has 1 fully saturated rings. The molecule has 0 aromatic carbocycles. The van der Waals surface area contributed by atoms with Gasteiger partial charge >= 0.3 is 6.03 Å². The van der Waals surface area contributed by atoms with Crippen molar-refractivity contribution in [3.63, 3.8) is 0 Å². The second kappa shape index (κ2) is 11.1. The molecule has 1 aliphatic rings. The molecule has 2 rings (SSSR count). The van der Waals surface area contributed by atoms with Crippen LogP contribution in [0, 0.1) is 5.92 Å². The summed E-state index contributed by atoms with van der Waals surface area (Å²) in [7, 11) is 3.91. The average Bonchev–Trinajstić information content (AvgIpc) is 2.70. The monoisotopic (exact) mass is 377 g/mol. The summed E-state index contributed by atoms with van der Waals surface area (Å²) in [4.78, 5) is 21.0. The quantitative estimate of drug-likeness (QED) is 0.690. The lowest BCUT2D eigenvalue weighted by atomic mass is 9.92. The third kappa shape index (κ3) is 6.66. The Morgan fingerprint density at radius 2 is 1.96 bits per heavy atom. The maximum absolute atomic E-state index is 12.3. The SMILES string of the molecule is CCC(CC)C(CNC(=O)NCc1ccnc(N(C)C)c1)N1CCOCC1. The van der Waals surface area contributed by atoms with E-state index in [0.29, 0.717) is 25.0 Å². The molecule has 0 spiro atoms. The van der Waals surface area contributed by atoms with Crippen LogP contribution in [0.15, 0.2) is 18.3 Å². The summed E-state index contributed by atoms with van der Waals surface area (Å²) >= 11 is 0. The number of morpholine rings is 1. The van der Waals surface area contributed by atoms with Crippen molar-refractivity contribution in [3.8, 4) is 0 Å². The number of pyridine rings is 1. The van der Waals surface area contributed by atoms with E-state index in [1.165, 1.54) is 0 Å². The molecule has 2 heterocycles. The van der Waals surface area contributed by atoms with Crippen molar-refractivity contribution >= 4 is 11.8 Å². The Morgan fingerprint density at radius 3 is 2.59 bits per heavy atom. The van der Waals surface area contributed by atoms with Gasteiger partial charge in [-0.3, -0.25) is 4.90 Å². The minimum absolute atomic E-state index is 0.123. The van der Waals surface area contributed by atoms with Crippen LogP contribution in [0.5, 0.6) is 0 Å². The van der Waals surface area contributed by atoms with E-state index in [-0.39, 0.29) is 6.03 Å². The summed E-state index contributed by atoms with van der Waals surface area (Å²) in [5.74, 6) is 1.46. The number of nitrogens with one attached hydrogen (secondary N) is 2. The molecule has 27 heavy (non-hydrogen) atoms. The maximum atomic E-state index is 12.3. The van der Waals surface area contributed by atoms with Gasteiger partial charge in [0, 0.05) is 52.5 Å². The average molecular weight is 378 g/mol. The third-order valence-corrected chi connectivity index (χ3v) is 5.30. The molecular formula is C20H35N5O2. The molecule has 1 aliphatic heterocycles. The van der Waals surface area contributed by atoms with Crippen LogP contribution in [0.1, 0.15) is 32.3 Å². The number of carbonyl (C=O) groups is 1. The van der Waals surface area contributed by atoms with Gasteiger partial charge in [0.25, 0.3) is 0 Å². The van der Waals surface area contributed by atoms with Crippen molar-refractivity contribution < 1.29 is 9.53 Å². The molecule has 2 amide bonds. The number of urea groups is 1. The van der Waals surface area contributed by atoms with Crippen molar-refractivity contribution in [3.05, 3.63) is 23.9 Å². The largest absolute Gasteiger partial charge is 0.379 e. The number of nitrogens with zero attached hydrogens (tertiary/aromatic N) is 3. The standard InChI is InChI=1S/C20H35N5O2/c1-5-17(6-2)18(25-9-11-27-12-10-25)15-23-20(26)22-14-16-7-8-21-19(13-16)24(3)4/h7-8,13,17-18H,5-6,9-12,14-15H2,1-4H3,(H2,22,23,26). The second-order valence-corrected chi connectivity index (χ2v) is 7.27. The smallest absolute Gasteiger partial charge is 0.315 e. The number of ether oxygens (including phenoxy) is 1. The minimum Gasteiger partial charge on any atom is -0.379 e. The zero-order valence-corrected chi connectivity index (χ0v) is 17.2. The van der Waals surface area contributed by atoms with E-state index in [1.807, 2.05) is 31.1 Å². The van der Waals surface area contributed by atoms with Gasteiger partial charge in [-0.2, -0.15) is 0 Å². The van der Waals surface area contributed by atoms with Gasteiger partial charge in [0.05, 0.1) is 13.2 Å². The fourth-order valence-corrected chi connectivity index (χ4v) is 3.59. The zero-order valence-electron chi connectivity index (χ0n) is 17.2. The fourth-order valence-electron chi connectivity index (χ4n) is 3.59. The van der Waals surface area contributed by atoms with Gasteiger partial charge in [-0.25, -0.2) is 9.78 Å². The van der Waals surface area contributed by atoms with Gasteiger partial charge < -0.3 is 20.3 Å². The Hall–Kier alpha value is -1.86. The highest BCUT2D eigenvalue weighted by Gasteiger charge is 2.27. The van der Waals surface area contributed by atoms with Gasteiger partial charge in [0.2, 0.25) is 0 Å². The van der Waals surface area contributed by atoms with Crippen LogP contribution in [-0.4, -0.2) is 68.9 Å². The number of rotatable bonds is 9. The van der Waals surface area contributed by atoms with Crippen molar-refractivity contribution in [2.75, 3.05) is 51.8 Å². The predicted molar refractivity (Wildman–Crippen MR) is 109 cm³/mol. The number of amides is 2. The normalized spacial score (nSPS) is 16.2. The van der Waals surface area contributed by atoms with Crippen molar-refractivity contribution in [1.29, 1.82) is 0 Å². The summed E-state index contributed by atoms with van der Waals surface area (Å²) in [6.45, 7) is 9.04. The number of hydrogen-bond acceptors (Lipinski definition) is 5. The first-order valence-corrected chi connectivity index (χ1v) is 10.0. The third-order valence-electron chi connectivity index (χ3n) is 5.30. The maximum Gasteiger partial charge on any atom is 0.315 e. The van der Waals surface area contributed by atoms with Gasteiger partial charge in [-0.1, -0.05) is 26.7 Å². The molecule has 0 aliphatic carbocycles. The lowest BCUT2D eigenvalue weighted by Crippen LogP contribution is -2.53. The lowest BCUT2D eigenvalue weighted by Gasteiger charge is -2.38. The summed E-state index contributed by atoms with van der Waals surface area (Å²) in [6.07, 6.45) is 4.00. The molecule has 1 atom stereocenters. The Labute approximate surface area is 163 Å². The summed E-state index contributed by atoms with van der Waals surface area (Å²) < 4.78 is 5.49. The molecule has 2 N–H and O–H groups in total. The molecule has 1 aromatic heterocycles. The van der Waals surface area contributed by atoms with Gasteiger partial charge in [-0.15, -0.1) is 0 Å². The Morgan fingerprint density at radius 1 is 1.26 bits per heavy atom. The zero-order chi connectivity index (χ0) is 19.6. The number of hydrogen-bond donors (Lipinski definition) is 2. The first kappa shape index (κ1) is 21.4. The van der Waals surface area contributed by atoms with E-state index in [4.69, 9.17) is 4.74 Å². The van der Waals surface area contributed by atoms with Crippen LogP contribution in [0.3, 0.4) is 0 Å². The van der Waals surface area contributed by atoms with Crippen LogP contribution < -0.4 is 15.5 Å². The molecule has 7 heteroatoms. The van der Waals surface area contributed by atoms with Crippen LogP contribution in [-0.2, 0) is 11.3 Å². The van der Waals surface area contributed by atoms with Crippen molar-refractivity contribution in [1.82, 2.24) is 20.5 Å². The minimum atomic E-state index is -0.123. The number of carbonyl (C=O) groups excluding carboxylic acids is 1. The highest BCUT2D eigenvalue weighted by Crippen LogP contribution is 2.19. The summed E-state index contributed by atoms with van der Waals surface area (Å²) in [5, 5.41) is 6.04. The molecule has 152 valence electrons. The number of anilines is 1. The number of aromatic nitrogens is 1. The van der Waals surface area contributed by atoms with Gasteiger partial charge in [0.1, 0.15) is 5.82 Å². The van der Waals surface area contributed by atoms with Gasteiger partial charge in [-0.05, 0) is 23.6 Å². The second-order valence-electron chi connectivity index (χ2n) is 7.27. The van der Waals surface area contributed by atoms with E-state index in [0.717, 1.165) is 50.5 Å². The molecular weight excluding hydrogens is 342 g/mol. The first-order chi connectivity index (χ1) is 13.0. The summed E-state index contributed by atoms with van der Waals surface area (Å²) in [6, 6.07) is 4.15. The van der Waals surface area contributed by atoms with E-state index < -0.39 is 0 Å². The highest BCUT2D eigenvalue weighted by molar-refractivity contribution is 5.73. The molecule has 1 unspecified atom stereocenters. The van der Waals surface area contributed by atoms with Crippen molar-refractivity contribution in [2.45, 2.75) is 39.3 Å². The molecule has 1 aromatic rings. The Bertz CT molecular complexity index is 571. The molecule has 0 bridgehead atoms. The van der Waals surface area contributed by atoms with Crippen LogP contribution >= 0.6 is 0 Å². The van der Waals surface area contributed by atoms with Crippen LogP contribution in [0.25, 0.3) is 0 Å². The molecule has 0 saturated carbocycles. The summed E-state index contributed by atoms with van der Waals surface area (Å²) in [5.41, 5.74) is 1.04. The van der Waals surface area contributed by atoms with Crippen molar-refractivity contribution in [2.24, 2.45) is 5.92 Å². The fraction of sp³-hybridized carbons (Fsp3) is 0.700. The molecule has 7 nitrogen and oxygen atoms in total. The predicted octanol–water partition coefficient (Wildman–Crippen LogP) is 2.08. The van der Waals surface area contributed by atoms with E-state index in [2.05, 4.69) is 34.4 Å². The lowest BCUT2D eigenvalue weighted by molar-refractivity contribution is 0.00237.